The van der Waals surface area contributed by atoms with Gasteiger partial charge in [-0.2, -0.15) is 0 Å². The number of rotatable bonds is 4. The maximum atomic E-state index is 12.9. The Balaban J connectivity index is 1.37. The van der Waals surface area contributed by atoms with Crippen LogP contribution in [0.4, 0.5) is 0 Å². The molecule has 2 aliphatic rings. The number of hydrogen-bond donors (Lipinski definition) is 0. The van der Waals surface area contributed by atoms with Gasteiger partial charge in [0.25, 0.3) is 0 Å². The van der Waals surface area contributed by atoms with Gasteiger partial charge in [-0.15, -0.1) is 0 Å². The zero-order valence-electron chi connectivity index (χ0n) is 18.8. The molecule has 0 heterocycles. The van der Waals surface area contributed by atoms with Crippen molar-refractivity contribution in [3.8, 4) is 0 Å². The molecule has 0 saturated carbocycles. The van der Waals surface area contributed by atoms with E-state index in [0.29, 0.717) is 12.8 Å². The number of carbonyl (C=O) groups is 2. The van der Waals surface area contributed by atoms with E-state index in [-0.39, 0.29) is 23.4 Å². The first-order valence-electron chi connectivity index (χ1n) is 11.7. The van der Waals surface area contributed by atoms with Crippen molar-refractivity contribution >= 4 is 17.1 Å². The van der Waals surface area contributed by atoms with E-state index in [9.17, 15) is 9.59 Å². The van der Waals surface area contributed by atoms with Gasteiger partial charge in [-0.25, -0.2) is 0 Å². The predicted molar refractivity (Wildman–Crippen MR) is 135 cm³/mol. The molecule has 164 valence electrons. The molecule has 2 unspecified atom stereocenters. The summed E-state index contributed by atoms with van der Waals surface area (Å²) in [6.07, 6.45) is 0.947. The Kier molecular flexibility index (Phi) is 4.88. The fourth-order valence-electron chi connectivity index (χ4n) is 5.54. The van der Waals surface area contributed by atoms with Crippen LogP contribution in [0.2, 0.25) is 0 Å². The molecular weight excluding hydrogens is 416 g/mol. The molecule has 0 saturated heterocycles. The molecule has 2 atom stereocenters. The van der Waals surface area contributed by atoms with Crippen LogP contribution in [0.5, 0.6) is 0 Å². The average molecular weight is 441 g/mol. The number of benzene rings is 4. The minimum absolute atomic E-state index is 0.218. The molecule has 0 spiro atoms. The van der Waals surface area contributed by atoms with Crippen LogP contribution in [-0.4, -0.2) is 11.6 Å². The fourth-order valence-corrected chi connectivity index (χ4v) is 5.54. The molecule has 2 nitrogen and oxygen atoms in total. The van der Waals surface area contributed by atoms with Crippen molar-refractivity contribution in [3.63, 3.8) is 0 Å². The second-order valence-electron chi connectivity index (χ2n) is 9.28. The van der Waals surface area contributed by atoms with Gasteiger partial charge in [-0.05, 0) is 62.2 Å². The standard InChI is InChI=1S/C32H24O2/c1-20(23-12-14-25-18-29(33)31(27(25)16-23)21-8-4-2-5-9-21)24-13-15-26-19-30(34)32(28(26)17-24)22-10-6-3-7-11-22/h2-17,31-32H,1,18-19H2. The molecule has 0 N–H and O–H groups in total. The highest BCUT2D eigenvalue weighted by molar-refractivity contribution is 5.97. The highest BCUT2D eigenvalue weighted by Gasteiger charge is 2.33. The van der Waals surface area contributed by atoms with Crippen molar-refractivity contribution in [2.45, 2.75) is 24.7 Å². The zero-order chi connectivity index (χ0) is 23.2. The summed E-state index contributed by atoms with van der Waals surface area (Å²) in [5.74, 6) is 0.0459. The SMILES string of the molecule is C=C(c1ccc2c(c1)C(c1ccccc1)C(=O)C2)c1ccc2c(c1)C(c1ccccc1)C(=O)C2. The molecule has 2 heteroatoms. The van der Waals surface area contributed by atoms with E-state index in [4.69, 9.17) is 0 Å². The van der Waals surface area contributed by atoms with Gasteiger partial charge in [0.15, 0.2) is 0 Å². The summed E-state index contributed by atoms with van der Waals surface area (Å²) in [5, 5.41) is 0. The summed E-state index contributed by atoms with van der Waals surface area (Å²) in [6, 6.07) is 32.5. The van der Waals surface area contributed by atoms with E-state index in [0.717, 1.165) is 50.1 Å². The Morgan fingerprint density at radius 2 is 1.00 bits per heavy atom. The number of carbonyl (C=O) groups excluding carboxylic acids is 2. The lowest BCUT2D eigenvalue weighted by Crippen LogP contribution is -2.08. The van der Waals surface area contributed by atoms with E-state index < -0.39 is 0 Å². The molecule has 2 aliphatic carbocycles. The van der Waals surface area contributed by atoms with Crippen LogP contribution in [0.15, 0.2) is 104 Å². The third-order valence-electron chi connectivity index (χ3n) is 7.25. The van der Waals surface area contributed by atoms with Crippen molar-refractivity contribution in [2.24, 2.45) is 0 Å². The van der Waals surface area contributed by atoms with Gasteiger partial charge in [-0.1, -0.05) is 91.5 Å². The fraction of sp³-hybridized carbons (Fsp3) is 0.125. The predicted octanol–water partition coefficient (Wildman–Crippen LogP) is 6.26. The van der Waals surface area contributed by atoms with Crippen LogP contribution in [0, 0.1) is 0 Å². The largest absolute Gasteiger partial charge is 0.298 e. The third kappa shape index (κ3) is 3.34. The lowest BCUT2D eigenvalue weighted by molar-refractivity contribution is -0.119. The first-order valence-corrected chi connectivity index (χ1v) is 11.7. The number of ketones is 2. The Morgan fingerprint density at radius 3 is 1.41 bits per heavy atom. The number of Topliss-reactive ketones (excluding diaryl/α,β-unsaturated/α-hetero) is 2. The molecule has 0 radical (unpaired) electrons. The van der Waals surface area contributed by atoms with Crippen LogP contribution >= 0.6 is 0 Å². The van der Waals surface area contributed by atoms with Crippen molar-refractivity contribution in [1.29, 1.82) is 0 Å². The highest BCUT2D eigenvalue weighted by Crippen LogP contribution is 2.40. The van der Waals surface area contributed by atoms with E-state index in [1.54, 1.807) is 0 Å². The molecule has 4 aromatic carbocycles. The minimum atomic E-state index is -0.218. The van der Waals surface area contributed by atoms with Gasteiger partial charge < -0.3 is 0 Å². The summed E-state index contributed by atoms with van der Waals surface area (Å²) in [7, 11) is 0. The Hall–Kier alpha value is -4.04. The summed E-state index contributed by atoms with van der Waals surface area (Å²) in [6.45, 7) is 4.41. The van der Waals surface area contributed by atoms with Crippen LogP contribution in [0.1, 0.15) is 56.3 Å². The molecule has 0 bridgehead atoms. The Morgan fingerprint density at radius 1 is 0.588 bits per heavy atom. The molecule has 0 amide bonds. The zero-order valence-corrected chi connectivity index (χ0v) is 18.8. The number of fused-ring (bicyclic) bond motifs is 2. The highest BCUT2D eigenvalue weighted by atomic mass is 16.1. The van der Waals surface area contributed by atoms with Crippen molar-refractivity contribution in [3.05, 3.63) is 148 Å². The van der Waals surface area contributed by atoms with E-state index in [1.807, 2.05) is 60.7 Å². The monoisotopic (exact) mass is 440 g/mol. The van der Waals surface area contributed by atoms with Crippen LogP contribution in [0.25, 0.3) is 5.57 Å². The van der Waals surface area contributed by atoms with Gasteiger partial charge in [0.1, 0.15) is 11.6 Å². The quantitative estimate of drug-likeness (QED) is 0.375. The maximum absolute atomic E-state index is 12.9. The van der Waals surface area contributed by atoms with Gasteiger partial charge >= 0.3 is 0 Å². The number of hydrogen-bond acceptors (Lipinski definition) is 2. The van der Waals surface area contributed by atoms with E-state index in [2.05, 4.69) is 43.0 Å². The second kappa shape index (κ2) is 8.07. The smallest absolute Gasteiger partial charge is 0.149 e. The molecule has 0 aliphatic heterocycles. The van der Waals surface area contributed by atoms with Gasteiger partial charge in [0.2, 0.25) is 0 Å². The molecule has 6 rings (SSSR count). The van der Waals surface area contributed by atoms with Crippen molar-refractivity contribution in [2.75, 3.05) is 0 Å². The Bertz CT molecular complexity index is 1340. The molecule has 0 aromatic heterocycles. The normalized spacial score (nSPS) is 18.6. The first-order chi connectivity index (χ1) is 16.6. The van der Waals surface area contributed by atoms with Crippen molar-refractivity contribution < 1.29 is 9.59 Å². The molecule has 34 heavy (non-hydrogen) atoms. The Labute approximate surface area is 199 Å². The van der Waals surface area contributed by atoms with Crippen LogP contribution < -0.4 is 0 Å². The molecule has 0 fully saturated rings. The van der Waals surface area contributed by atoms with E-state index >= 15 is 0 Å². The van der Waals surface area contributed by atoms with Gasteiger partial charge in [0, 0.05) is 12.8 Å². The van der Waals surface area contributed by atoms with Crippen molar-refractivity contribution in [1.82, 2.24) is 0 Å². The summed E-state index contributed by atoms with van der Waals surface area (Å²) >= 11 is 0. The first kappa shape index (κ1) is 20.6. The second-order valence-corrected chi connectivity index (χ2v) is 9.28. The van der Waals surface area contributed by atoms with Crippen LogP contribution in [-0.2, 0) is 22.4 Å². The minimum Gasteiger partial charge on any atom is -0.298 e. The summed E-state index contributed by atoms with van der Waals surface area (Å²) in [5.41, 5.74) is 9.35. The third-order valence-corrected chi connectivity index (χ3v) is 7.25. The topological polar surface area (TPSA) is 34.1 Å². The van der Waals surface area contributed by atoms with Crippen LogP contribution in [0.3, 0.4) is 0 Å². The lowest BCUT2D eigenvalue weighted by atomic mass is 9.87. The van der Waals surface area contributed by atoms with E-state index in [1.165, 1.54) is 0 Å². The van der Waals surface area contributed by atoms with Gasteiger partial charge in [0.05, 0.1) is 11.8 Å². The average Bonchev–Trinajstić information content (AvgIpc) is 3.38. The summed E-state index contributed by atoms with van der Waals surface area (Å²) < 4.78 is 0. The lowest BCUT2D eigenvalue weighted by Gasteiger charge is -2.15. The molecular formula is C32H24O2. The van der Waals surface area contributed by atoms with Gasteiger partial charge in [-0.3, -0.25) is 9.59 Å². The molecule has 4 aromatic rings. The maximum Gasteiger partial charge on any atom is 0.149 e. The summed E-state index contributed by atoms with van der Waals surface area (Å²) in [4.78, 5) is 25.7.